The third-order valence-corrected chi connectivity index (χ3v) is 3.10. The molecular formula is C14H21ClN2O2. The minimum absolute atomic E-state index is 0.0514. The topological polar surface area (TPSA) is 41.6 Å². The fourth-order valence-corrected chi connectivity index (χ4v) is 1.82. The summed E-state index contributed by atoms with van der Waals surface area (Å²) in [5.41, 5.74) is 0.729. The number of hydrogen-bond donors (Lipinski definition) is 1. The van der Waals surface area contributed by atoms with Gasteiger partial charge in [-0.3, -0.25) is 4.79 Å². The predicted molar refractivity (Wildman–Crippen MR) is 79.0 cm³/mol. The van der Waals surface area contributed by atoms with Gasteiger partial charge in [-0.05, 0) is 24.6 Å². The number of ether oxygens (including phenoxy) is 1. The fraction of sp³-hybridized carbons (Fsp3) is 0.500. The zero-order valence-electron chi connectivity index (χ0n) is 11.7. The van der Waals surface area contributed by atoms with Gasteiger partial charge in [0.1, 0.15) is 5.75 Å². The molecule has 1 N–H and O–H groups in total. The van der Waals surface area contributed by atoms with Crippen LogP contribution in [-0.2, 0) is 4.79 Å². The van der Waals surface area contributed by atoms with E-state index in [2.05, 4.69) is 12.2 Å². The van der Waals surface area contributed by atoms with Crippen molar-refractivity contribution in [3.05, 3.63) is 23.2 Å². The van der Waals surface area contributed by atoms with Crippen molar-refractivity contribution in [2.75, 3.05) is 32.6 Å². The van der Waals surface area contributed by atoms with Gasteiger partial charge in [-0.2, -0.15) is 0 Å². The predicted octanol–water partition coefficient (Wildman–Crippen LogP) is 3.02. The molecule has 0 saturated heterocycles. The number of carbonyl (C=O) groups excluding carboxylic acids is 1. The van der Waals surface area contributed by atoms with Crippen molar-refractivity contribution in [3.8, 4) is 5.75 Å². The minimum atomic E-state index is 0.0514. The number of benzene rings is 1. The average molecular weight is 285 g/mol. The summed E-state index contributed by atoms with van der Waals surface area (Å²) in [6, 6.07) is 5.27. The summed E-state index contributed by atoms with van der Waals surface area (Å²) in [4.78, 5) is 13.6. The maximum Gasteiger partial charge on any atom is 0.241 e. The molecule has 1 amide bonds. The molecule has 0 radical (unpaired) electrons. The molecule has 1 aromatic carbocycles. The van der Waals surface area contributed by atoms with Crippen LogP contribution in [0.3, 0.4) is 0 Å². The van der Waals surface area contributed by atoms with E-state index in [4.69, 9.17) is 16.3 Å². The quantitative estimate of drug-likeness (QED) is 0.837. The van der Waals surface area contributed by atoms with Crippen LogP contribution in [0.4, 0.5) is 5.69 Å². The number of anilines is 1. The molecular weight excluding hydrogens is 264 g/mol. The molecule has 5 heteroatoms. The zero-order valence-corrected chi connectivity index (χ0v) is 12.5. The van der Waals surface area contributed by atoms with E-state index in [0.717, 1.165) is 25.1 Å². The Balaban J connectivity index is 2.56. The maximum absolute atomic E-state index is 11.9. The van der Waals surface area contributed by atoms with Crippen LogP contribution in [0.25, 0.3) is 0 Å². The summed E-state index contributed by atoms with van der Waals surface area (Å²) < 4.78 is 5.21. The van der Waals surface area contributed by atoms with Gasteiger partial charge in [-0.1, -0.05) is 24.9 Å². The molecule has 0 aliphatic heterocycles. The standard InChI is InChI=1S/C14H21ClN2O2/c1-4-5-8-17(2)14(18)10-16-12-9-11(15)6-7-13(12)19-3/h6-7,9,16H,4-5,8,10H2,1-3H3. The van der Waals surface area contributed by atoms with Crippen LogP contribution in [0.5, 0.6) is 5.75 Å². The molecule has 0 fully saturated rings. The smallest absolute Gasteiger partial charge is 0.241 e. The van der Waals surface area contributed by atoms with Crippen LogP contribution >= 0.6 is 11.6 Å². The van der Waals surface area contributed by atoms with E-state index in [1.807, 2.05) is 7.05 Å². The Morgan fingerprint density at radius 1 is 1.47 bits per heavy atom. The number of carbonyl (C=O) groups is 1. The lowest BCUT2D eigenvalue weighted by Crippen LogP contribution is -2.32. The highest BCUT2D eigenvalue weighted by atomic mass is 35.5. The van der Waals surface area contributed by atoms with Crippen molar-refractivity contribution in [2.45, 2.75) is 19.8 Å². The largest absolute Gasteiger partial charge is 0.495 e. The van der Waals surface area contributed by atoms with Gasteiger partial charge in [0, 0.05) is 18.6 Å². The highest BCUT2D eigenvalue weighted by Crippen LogP contribution is 2.27. The lowest BCUT2D eigenvalue weighted by atomic mass is 10.3. The molecule has 19 heavy (non-hydrogen) atoms. The number of rotatable bonds is 7. The second-order valence-electron chi connectivity index (χ2n) is 4.37. The van der Waals surface area contributed by atoms with Crippen LogP contribution in [0, 0.1) is 0 Å². The van der Waals surface area contributed by atoms with Crippen LogP contribution in [0.2, 0.25) is 5.02 Å². The Labute approximate surface area is 119 Å². The summed E-state index contributed by atoms with van der Waals surface area (Å²) >= 11 is 5.93. The van der Waals surface area contributed by atoms with E-state index in [-0.39, 0.29) is 12.5 Å². The number of nitrogens with one attached hydrogen (secondary N) is 1. The van der Waals surface area contributed by atoms with Crippen LogP contribution in [0.15, 0.2) is 18.2 Å². The van der Waals surface area contributed by atoms with E-state index < -0.39 is 0 Å². The number of hydrogen-bond acceptors (Lipinski definition) is 3. The van der Waals surface area contributed by atoms with Gasteiger partial charge in [0.2, 0.25) is 5.91 Å². The number of nitrogens with zero attached hydrogens (tertiary/aromatic N) is 1. The van der Waals surface area contributed by atoms with Crippen molar-refractivity contribution < 1.29 is 9.53 Å². The third kappa shape index (κ3) is 4.99. The van der Waals surface area contributed by atoms with E-state index in [9.17, 15) is 4.79 Å². The van der Waals surface area contributed by atoms with Crippen molar-refractivity contribution >= 4 is 23.2 Å². The minimum Gasteiger partial charge on any atom is -0.495 e. The number of likely N-dealkylation sites (N-methyl/N-ethyl adjacent to an activating group) is 1. The van der Waals surface area contributed by atoms with Gasteiger partial charge in [0.15, 0.2) is 0 Å². The molecule has 1 aromatic rings. The van der Waals surface area contributed by atoms with Crippen molar-refractivity contribution in [2.24, 2.45) is 0 Å². The van der Waals surface area contributed by atoms with Crippen LogP contribution in [-0.4, -0.2) is 38.1 Å². The van der Waals surface area contributed by atoms with Crippen molar-refractivity contribution in [1.29, 1.82) is 0 Å². The summed E-state index contributed by atoms with van der Waals surface area (Å²) in [5, 5.41) is 3.67. The van der Waals surface area contributed by atoms with Gasteiger partial charge in [-0.15, -0.1) is 0 Å². The summed E-state index contributed by atoms with van der Waals surface area (Å²) in [6.45, 7) is 3.12. The van der Waals surface area contributed by atoms with E-state index >= 15 is 0 Å². The lowest BCUT2D eigenvalue weighted by Gasteiger charge is -2.18. The van der Waals surface area contributed by atoms with E-state index in [1.165, 1.54) is 0 Å². The number of halogens is 1. The van der Waals surface area contributed by atoms with Gasteiger partial charge in [-0.25, -0.2) is 0 Å². The number of unbranched alkanes of at least 4 members (excludes halogenated alkanes) is 1. The molecule has 0 aromatic heterocycles. The molecule has 0 aliphatic rings. The molecule has 0 atom stereocenters. The Bertz CT molecular complexity index is 424. The molecule has 106 valence electrons. The van der Waals surface area contributed by atoms with Crippen molar-refractivity contribution in [1.82, 2.24) is 4.90 Å². The molecule has 0 heterocycles. The molecule has 0 aliphatic carbocycles. The van der Waals surface area contributed by atoms with Crippen LogP contribution < -0.4 is 10.1 Å². The highest BCUT2D eigenvalue weighted by Gasteiger charge is 2.09. The van der Waals surface area contributed by atoms with Gasteiger partial charge < -0.3 is 15.0 Å². The van der Waals surface area contributed by atoms with Gasteiger partial charge in [0.25, 0.3) is 0 Å². The zero-order chi connectivity index (χ0) is 14.3. The third-order valence-electron chi connectivity index (χ3n) is 2.86. The lowest BCUT2D eigenvalue weighted by molar-refractivity contribution is -0.128. The SMILES string of the molecule is CCCCN(C)C(=O)CNc1cc(Cl)ccc1OC. The van der Waals surface area contributed by atoms with Gasteiger partial charge >= 0.3 is 0 Å². The molecule has 4 nitrogen and oxygen atoms in total. The Morgan fingerprint density at radius 2 is 2.21 bits per heavy atom. The molecule has 1 rings (SSSR count). The van der Waals surface area contributed by atoms with Gasteiger partial charge in [0.05, 0.1) is 19.3 Å². The molecule has 0 bridgehead atoms. The Kier molecular flexibility index (Phi) is 6.50. The highest BCUT2D eigenvalue weighted by molar-refractivity contribution is 6.30. The summed E-state index contributed by atoms with van der Waals surface area (Å²) in [6.07, 6.45) is 2.09. The summed E-state index contributed by atoms with van der Waals surface area (Å²) in [7, 11) is 3.40. The first-order valence-corrected chi connectivity index (χ1v) is 6.77. The second-order valence-corrected chi connectivity index (χ2v) is 4.80. The first-order valence-electron chi connectivity index (χ1n) is 6.39. The molecule has 0 unspecified atom stereocenters. The number of methoxy groups -OCH3 is 1. The first-order chi connectivity index (χ1) is 9.08. The average Bonchev–Trinajstić information content (AvgIpc) is 2.42. The Morgan fingerprint density at radius 3 is 2.84 bits per heavy atom. The van der Waals surface area contributed by atoms with E-state index in [1.54, 1.807) is 30.2 Å². The Hall–Kier alpha value is -1.42. The molecule has 0 spiro atoms. The monoisotopic (exact) mass is 284 g/mol. The summed E-state index contributed by atoms with van der Waals surface area (Å²) in [5.74, 6) is 0.726. The first kappa shape index (κ1) is 15.6. The molecule has 0 saturated carbocycles. The normalized spacial score (nSPS) is 10.1. The second kappa shape index (κ2) is 7.89. The van der Waals surface area contributed by atoms with Crippen LogP contribution in [0.1, 0.15) is 19.8 Å². The fourth-order valence-electron chi connectivity index (χ4n) is 1.64. The van der Waals surface area contributed by atoms with Crippen molar-refractivity contribution in [3.63, 3.8) is 0 Å². The van der Waals surface area contributed by atoms with E-state index in [0.29, 0.717) is 10.8 Å². The maximum atomic E-state index is 11.9. The number of amides is 1.